The van der Waals surface area contributed by atoms with Gasteiger partial charge in [0.15, 0.2) is 23.0 Å². The van der Waals surface area contributed by atoms with Crippen molar-refractivity contribution in [3.8, 4) is 67.5 Å². The van der Waals surface area contributed by atoms with Gasteiger partial charge in [0.2, 0.25) is 0 Å². The first-order chi connectivity index (χ1) is 31.8. The summed E-state index contributed by atoms with van der Waals surface area (Å²) in [5, 5.41) is 0. The Labute approximate surface area is 373 Å². The van der Waals surface area contributed by atoms with Gasteiger partial charge in [-0.2, -0.15) is 0 Å². The average molecular weight is 820 g/mol. The molecular formula is C61H41NO2. The van der Waals surface area contributed by atoms with Crippen molar-refractivity contribution in [3.05, 3.63) is 259 Å². The molecule has 302 valence electrons. The maximum absolute atomic E-state index is 7.25. The van der Waals surface area contributed by atoms with E-state index in [1.807, 2.05) is 6.07 Å². The van der Waals surface area contributed by atoms with E-state index in [1.165, 1.54) is 38.9 Å². The van der Waals surface area contributed by atoms with Crippen LogP contribution in [0.3, 0.4) is 0 Å². The normalized spacial score (nSPS) is 17.9. The third-order valence-corrected chi connectivity index (χ3v) is 13.8. The molecule has 1 aliphatic heterocycles. The zero-order valence-corrected chi connectivity index (χ0v) is 34.9. The van der Waals surface area contributed by atoms with Crippen molar-refractivity contribution in [2.45, 2.75) is 11.3 Å². The minimum Gasteiger partial charge on any atom is -0.449 e. The monoisotopic (exact) mass is 819 g/mol. The first-order valence-corrected chi connectivity index (χ1v) is 22.2. The lowest BCUT2D eigenvalue weighted by molar-refractivity contribution is 0.360. The van der Waals surface area contributed by atoms with Gasteiger partial charge >= 0.3 is 0 Å². The van der Waals surface area contributed by atoms with Gasteiger partial charge in [-0.15, -0.1) is 0 Å². The highest BCUT2D eigenvalue weighted by molar-refractivity contribution is 5.94. The molecule has 9 aromatic carbocycles. The van der Waals surface area contributed by atoms with Crippen LogP contribution in [0.4, 0.5) is 17.1 Å². The van der Waals surface area contributed by atoms with Gasteiger partial charge in [-0.05, 0) is 104 Å². The van der Waals surface area contributed by atoms with E-state index in [1.54, 1.807) is 0 Å². The Morgan fingerprint density at radius 2 is 1.02 bits per heavy atom. The summed E-state index contributed by atoms with van der Waals surface area (Å²) in [4.78, 5) is 2.32. The number of nitrogens with zero attached hydrogens (tertiary/aromatic N) is 1. The van der Waals surface area contributed by atoms with Crippen LogP contribution in [0.5, 0.6) is 23.0 Å². The molecule has 13 rings (SSSR count). The second kappa shape index (κ2) is 14.5. The second-order valence-electron chi connectivity index (χ2n) is 17.1. The van der Waals surface area contributed by atoms with Crippen LogP contribution in [0.15, 0.2) is 237 Å². The first-order valence-electron chi connectivity index (χ1n) is 22.2. The molecule has 0 aromatic heterocycles. The Kier molecular flexibility index (Phi) is 8.26. The summed E-state index contributed by atoms with van der Waals surface area (Å²) in [6.07, 6.45) is 9.24. The molecule has 9 aromatic rings. The van der Waals surface area contributed by atoms with Crippen molar-refractivity contribution in [1.82, 2.24) is 0 Å². The van der Waals surface area contributed by atoms with E-state index >= 15 is 0 Å². The minimum atomic E-state index is -0.363. The molecule has 0 fully saturated rings. The van der Waals surface area contributed by atoms with Gasteiger partial charge in [0.25, 0.3) is 0 Å². The molecule has 0 amide bonds. The number of hydrogen-bond donors (Lipinski definition) is 0. The Morgan fingerprint density at radius 3 is 1.83 bits per heavy atom. The van der Waals surface area contributed by atoms with E-state index in [0.717, 1.165) is 50.6 Å². The van der Waals surface area contributed by atoms with Crippen LogP contribution in [0.1, 0.15) is 28.2 Å². The number of fused-ring (bicyclic) bond motifs is 13. The Morgan fingerprint density at radius 1 is 0.391 bits per heavy atom. The fourth-order valence-electron chi connectivity index (χ4n) is 11.2. The van der Waals surface area contributed by atoms with Crippen molar-refractivity contribution < 1.29 is 9.47 Å². The average Bonchev–Trinajstić information content (AvgIpc) is 3.85. The lowest BCUT2D eigenvalue weighted by Crippen LogP contribution is -2.32. The maximum atomic E-state index is 7.25. The summed E-state index contributed by atoms with van der Waals surface area (Å²) in [6.45, 7) is 0. The number of para-hydroxylation sites is 1. The zero-order chi connectivity index (χ0) is 42.2. The highest BCUT2D eigenvalue weighted by Crippen LogP contribution is 2.68. The first kappa shape index (κ1) is 36.5. The number of allylic oxidation sites excluding steroid dienone is 4. The van der Waals surface area contributed by atoms with Crippen LogP contribution < -0.4 is 14.4 Å². The highest BCUT2D eigenvalue weighted by Gasteiger charge is 2.58. The molecule has 3 unspecified atom stereocenters. The molecule has 1 heterocycles. The third-order valence-electron chi connectivity index (χ3n) is 13.8. The van der Waals surface area contributed by atoms with Crippen LogP contribution in [-0.4, -0.2) is 0 Å². The number of ether oxygens (including phenoxy) is 2. The van der Waals surface area contributed by atoms with Gasteiger partial charge in [0, 0.05) is 28.8 Å². The van der Waals surface area contributed by atoms with Gasteiger partial charge in [-0.25, -0.2) is 0 Å². The van der Waals surface area contributed by atoms with Crippen molar-refractivity contribution in [3.63, 3.8) is 0 Å². The molecule has 3 aliphatic carbocycles. The smallest absolute Gasteiger partial charge is 0.194 e. The van der Waals surface area contributed by atoms with E-state index in [2.05, 4.69) is 235 Å². The number of rotatable bonds is 6. The summed E-state index contributed by atoms with van der Waals surface area (Å²) in [7, 11) is 0. The van der Waals surface area contributed by atoms with E-state index in [9.17, 15) is 0 Å². The van der Waals surface area contributed by atoms with Crippen LogP contribution >= 0.6 is 0 Å². The summed E-state index contributed by atoms with van der Waals surface area (Å²) < 4.78 is 14.5. The van der Waals surface area contributed by atoms with Crippen molar-refractivity contribution in [2.75, 3.05) is 4.90 Å². The molecule has 3 heteroatoms. The second-order valence-corrected chi connectivity index (χ2v) is 17.1. The SMILES string of the molecule is C1=CC2c3ccccc3C3(c4ccccc4-c4c3ccc3c4Oc4cccc(N(c5cccc(-c6ccccc6)c5)c5ccc(-c6ccccc6)c(-c6ccccc6)c5)c4O3)C2C=C1. The Balaban J connectivity index is 0.992. The molecule has 3 nitrogen and oxygen atoms in total. The molecule has 64 heavy (non-hydrogen) atoms. The molecule has 0 saturated carbocycles. The topological polar surface area (TPSA) is 21.7 Å². The number of hydrogen-bond acceptors (Lipinski definition) is 3. The fourth-order valence-corrected chi connectivity index (χ4v) is 11.2. The highest BCUT2D eigenvalue weighted by atomic mass is 16.6. The lowest BCUT2D eigenvalue weighted by Gasteiger charge is -2.36. The molecule has 1 spiro atoms. The van der Waals surface area contributed by atoms with Gasteiger partial charge in [-0.3, -0.25) is 0 Å². The summed E-state index contributed by atoms with van der Waals surface area (Å²) in [6, 6.07) is 76.2. The lowest BCUT2D eigenvalue weighted by atomic mass is 9.65. The van der Waals surface area contributed by atoms with Crippen LogP contribution in [-0.2, 0) is 5.41 Å². The van der Waals surface area contributed by atoms with Crippen LogP contribution in [0.25, 0.3) is 44.5 Å². The summed E-state index contributed by atoms with van der Waals surface area (Å²) in [5.74, 6) is 3.32. The van der Waals surface area contributed by atoms with Crippen molar-refractivity contribution in [2.24, 2.45) is 5.92 Å². The van der Waals surface area contributed by atoms with E-state index in [-0.39, 0.29) is 17.3 Å². The molecule has 4 aliphatic rings. The summed E-state index contributed by atoms with van der Waals surface area (Å²) >= 11 is 0. The molecule has 0 bridgehead atoms. The quantitative estimate of drug-likeness (QED) is 0.167. The van der Waals surface area contributed by atoms with Crippen molar-refractivity contribution >= 4 is 17.1 Å². The van der Waals surface area contributed by atoms with Crippen LogP contribution in [0.2, 0.25) is 0 Å². The number of benzene rings is 9. The zero-order valence-electron chi connectivity index (χ0n) is 34.9. The standard InChI is InChI=1S/C61H41NO2/c1-4-18-40(19-5-1)43-24-16-25-44(38-43)62(45-34-35-46(41-20-6-2-7-21-41)50(39-45)42-22-8-3-9-23-42)55-32-17-33-56-59(55)63-57-37-36-54-58(60(57)64-56)49-28-12-15-31-53(49)61(54)51-29-13-10-26-47(51)48-27-11-14-30-52(48)61/h1-39,47,51H. The molecule has 3 atom stereocenters. The van der Waals surface area contributed by atoms with E-state index in [4.69, 9.17) is 9.47 Å². The van der Waals surface area contributed by atoms with Gasteiger partial charge in [-0.1, -0.05) is 194 Å². The third kappa shape index (κ3) is 5.41. The molecular weight excluding hydrogens is 779 g/mol. The number of anilines is 3. The summed E-state index contributed by atoms with van der Waals surface area (Å²) in [5.41, 5.74) is 17.1. The molecule has 0 radical (unpaired) electrons. The van der Waals surface area contributed by atoms with Gasteiger partial charge in [0.05, 0.1) is 11.1 Å². The maximum Gasteiger partial charge on any atom is 0.194 e. The van der Waals surface area contributed by atoms with Crippen molar-refractivity contribution in [1.29, 1.82) is 0 Å². The fraction of sp³-hybridized carbons (Fsp3) is 0.0492. The molecule has 0 N–H and O–H groups in total. The predicted molar refractivity (Wildman–Crippen MR) is 260 cm³/mol. The predicted octanol–water partition coefficient (Wildman–Crippen LogP) is 16.2. The largest absolute Gasteiger partial charge is 0.449 e. The van der Waals surface area contributed by atoms with Gasteiger partial charge in [0.1, 0.15) is 0 Å². The van der Waals surface area contributed by atoms with E-state index in [0.29, 0.717) is 17.2 Å². The van der Waals surface area contributed by atoms with Gasteiger partial charge < -0.3 is 14.4 Å². The molecule has 0 saturated heterocycles. The van der Waals surface area contributed by atoms with E-state index < -0.39 is 0 Å². The Hall–Kier alpha value is -8.14. The Bertz CT molecular complexity index is 3350. The van der Waals surface area contributed by atoms with Crippen LogP contribution in [0, 0.1) is 5.92 Å². The minimum absolute atomic E-state index is 0.230.